The van der Waals surface area contributed by atoms with Crippen molar-refractivity contribution in [2.45, 2.75) is 0 Å². The number of nitrogens with zero attached hydrogens (tertiary/aromatic N) is 2. The fourth-order valence-electron chi connectivity index (χ4n) is 9.52. The average molecular weight is 779 g/mol. The minimum absolute atomic E-state index is 0.891. The van der Waals surface area contributed by atoms with Crippen LogP contribution >= 0.6 is 0 Å². The maximum atomic E-state index is 6.66. The van der Waals surface area contributed by atoms with E-state index in [0.717, 1.165) is 72.5 Å². The molecule has 12 rings (SSSR count). The molecule has 0 atom stereocenters. The molecule has 0 radical (unpaired) electrons. The highest BCUT2D eigenvalue weighted by molar-refractivity contribution is 6.18. The smallest absolute Gasteiger partial charge is 0.143 e. The molecule has 0 fully saturated rings. The summed E-state index contributed by atoms with van der Waals surface area (Å²) < 4.78 is 9.05. The minimum atomic E-state index is 0.891. The van der Waals surface area contributed by atoms with Crippen molar-refractivity contribution in [2.24, 2.45) is 0 Å². The first-order chi connectivity index (χ1) is 30.3. The summed E-state index contributed by atoms with van der Waals surface area (Å²) in [5.41, 5.74) is 15.3. The van der Waals surface area contributed by atoms with E-state index in [0.29, 0.717) is 0 Å². The van der Waals surface area contributed by atoms with Crippen LogP contribution in [0.5, 0.6) is 0 Å². The Morgan fingerprint density at radius 2 is 0.934 bits per heavy atom. The van der Waals surface area contributed by atoms with E-state index in [-0.39, 0.29) is 0 Å². The maximum absolute atomic E-state index is 6.66. The molecule has 2 aromatic heterocycles. The second-order valence-corrected chi connectivity index (χ2v) is 15.6. The van der Waals surface area contributed by atoms with Crippen molar-refractivity contribution in [3.8, 4) is 39.1 Å². The first kappa shape index (κ1) is 34.9. The van der Waals surface area contributed by atoms with E-state index in [1.54, 1.807) is 0 Å². The van der Waals surface area contributed by atoms with Crippen LogP contribution in [-0.2, 0) is 0 Å². The molecule has 0 saturated carbocycles. The largest absolute Gasteiger partial charge is 0.455 e. The quantitative estimate of drug-likeness (QED) is 0.161. The Bertz CT molecular complexity index is 3580. The summed E-state index contributed by atoms with van der Waals surface area (Å²) in [7, 11) is 0. The lowest BCUT2D eigenvalue weighted by atomic mass is 9.92. The number of rotatable bonds is 7. The van der Waals surface area contributed by atoms with Gasteiger partial charge in [0.2, 0.25) is 0 Å². The lowest BCUT2D eigenvalue weighted by molar-refractivity contribution is 0.670. The second-order valence-electron chi connectivity index (χ2n) is 15.6. The molecule has 0 amide bonds. The molecule has 10 aromatic carbocycles. The zero-order chi connectivity index (χ0) is 40.3. The van der Waals surface area contributed by atoms with Crippen LogP contribution < -0.4 is 4.90 Å². The van der Waals surface area contributed by atoms with Gasteiger partial charge in [-0.25, -0.2) is 0 Å². The number of para-hydroxylation sites is 4. The summed E-state index contributed by atoms with van der Waals surface area (Å²) in [4.78, 5) is 2.49. The molecule has 0 saturated heterocycles. The van der Waals surface area contributed by atoms with Crippen LogP contribution in [0, 0.1) is 0 Å². The van der Waals surface area contributed by atoms with Crippen LogP contribution in [0.3, 0.4) is 0 Å². The number of furan rings is 1. The zero-order valence-electron chi connectivity index (χ0n) is 33.2. The Balaban J connectivity index is 1.17. The molecule has 0 aliphatic rings. The molecule has 3 nitrogen and oxygen atoms in total. The molecule has 0 bridgehead atoms. The summed E-state index contributed by atoms with van der Waals surface area (Å²) in [5, 5.41) is 7.00. The number of hydrogen-bond donors (Lipinski definition) is 0. The Morgan fingerprint density at radius 3 is 1.72 bits per heavy atom. The Labute approximate surface area is 353 Å². The molecular formula is C58H38N2O. The number of aromatic nitrogens is 1. The van der Waals surface area contributed by atoms with E-state index in [1.807, 2.05) is 6.07 Å². The first-order valence-corrected chi connectivity index (χ1v) is 20.9. The summed E-state index contributed by atoms with van der Waals surface area (Å²) in [6.07, 6.45) is 0. The SMILES string of the molecule is c1ccc(-c2cc(N(c3ccc(-c4ccccc4)c4ccccc34)c3cccc4c3c3ccccc3n4-c3ccccc3)ccc2-c2cccc3c2oc2ccccc23)cc1. The third-order valence-corrected chi connectivity index (χ3v) is 12.2. The molecule has 0 spiro atoms. The molecular weight excluding hydrogens is 741 g/mol. The van der Waals surface area contributed by atoms with Gasteiger partial charge in [-0.05, 0) is 87.8 Å². The van der Waals surface area contributed by atoms with E-state index in [9.17, 15) is 0 Å². The van der Waals surface area contributed by atoms with Gasteiger partial charge in [-0.15, -0.1) is 0 Å². The predicted molar refractivity (Wildman–Crippen MR) is 257 cm³/mol. The van der Waals surface area contributed by atoms with Gasteiger partial charge >= 0.3 is 0 Å². The van der Waals surface area contributed by atoms with Crippen LogP contribution in [0.1, 0.15) is 0 Å². The van der Waals surface area contributed by atoms with Crippen LogP contribution in [0.4, 0.5) is 17.1 Å². The van der Waals surface area contributed by atoms with Crippen LogP contribution in [-0.4, -0.2) is 4.57 Å². The molecule has 0 aliphatic heterocycles. The van der Waals surface area contributed by atoms with Crippen molar-refractivity contribution in [3.63, 3.8) is 0 Å². The summed E-state index contributed by atoms with van der Waals surface area (Å²) >= 11 is 0. The highest BCUT2D eigenvalue weighted by Crippen LogP contribution is 2.49. The number of anilines is 3. The lowest BCUT2D eigenvalue weighted by Gasteiger charge is -2.29. The van der Waals surface area contributed by atoms with Crippen molar-refractivity contribution in [3.05, 3.63) is 231 Å². The molecule has 0 N–H and O–H groups in total. The average Bonchev–Trinajstić information content (AvgIpc) is 3.89. The van der Waals surface area contributed by atoms with Crippen molar-refractivity contribution in [1.29, 1.82) is 0 Å². The van der Waals surface area contributed by atoms with E-state index in [2.05, 4.69) is 234 Å². The van der Waals surface area contributed by atoms with E-state index >= 15 is 0 Å². The summed E-state index contributed by atoms with van der Waals surface area (Å²) in [5.74, 6) is 0. The third kappa shape index (κ3) is 5.66. The summed E-state index contributed by atoms with van der Waals surface area (Å²) in [6, 6.07) is 83.0. The van der Waals surface area contributed by atoms with Gasteiger partial charge in [0, 0.05) is 43.9 Å². The fraction of sp³-hybridized carbons (Fsp3) is 0. The Kier molecular flexibility index (Phi) is 8.17. The Hall–Kier alpha value is -8.14. The van der Waals surface area contributed by atoms with Crippen molar-refractivity contribution >= 4 is 71.6 Å². The van der Waals surface area contributed by atoms with E-state index < -0.39 is 0 Å². The molecule has 2 heterocycles. The molecule has 3 heteroatoms. The second kappa shape index (κ2) is 14.3. The number of fused-ring (bicyclic) bond motifs is 7. The molecule has 0 aliphatic carbocycles. The van der Waals surface area contributed by atoms with Gasteiger partial charge in [0.15, 0.2) is 0 Å². The predicted octanol–water partition coefficient (Wildman–Crippen LogP) is 16.3. The van der Waals surface area contributed by atoms with Gasteiger partial charge in [-0.2, -0.15) is 0 Å². The van der Waals surface area contributed by atoms with Crippen LogP contribution in [0.25, 0.3) is 93.6 Å². The topological polar surface area (TPSA) is 21.3 Å². The van der Waals surface area contributed by atoms with Gasteiger partial charge in [0.05, 0.1) is 22.4 Å². The fourth-order valence-corrected chi connectivity index (χ4v) is 9.52. The maximum Gasteiger partial charge on any atom is 0.143 e. The van der Waals surface area contributed by atoms with Crippen LogP contribution in [0.2, 0.25) is 0 Å². The lowest BCUT2D eigenvalue weighted by Crippen LogP contribution is -2.11. The summed E-state index contributed by atoms with van der Waals surface area (Å²) in [6.45, 7) is 0. The van der Waals surface area contributed by atoms with Crippen LogP contribution in [0.15, 0.2) is 235 Å². The van der Waals surface area contributed by atoms with E-state index in [1.165, 1.54) is 38.2 Å². The third-order valence-electron chi connectivity index (χ3n) is 12.2. The highest BCUT2D eigenvalue weighted by Gasteiger charge is 2.25. The highest BCUT2D eigenvalue weighted by atomic mass is 16.3. The van der Waals surface area contributed by atoms with E-state index in [4.69, 9.17) is 4.42 Å². The standard InChI is InChI=1S/C58H38N2O/c1-4-18-39(19-5-1)43-36-37-53(46-25-11-10-24-44(43)46)60(55-32-17-31-54-57(55)50-27-12-14-30-52(50)59(54)41-22-8-3-9-23-41)42-34-35-45(51(38-42)40-20-6-2-7-21-40)48-28-16-29-49-47-26-13-15-33-56(47)61-58(48)49/h1-38H. The zero-order valence-corrected chi connectivity index (χ0v) is 33.2. The molecule has 12 aromatic rings. The Morgan fingerprint density at radius 1 is 0.344 bits per heavy atom. The first-order valence-electron chi connectivity index (χ1n) is 20.9. The van der Waals surface area contributed by atoms with Gasteiger partial charge in [-0.1, -0.05) is 176 Å². The monoisotopic (exact) mass is 778 g/mol. The van der Waals surface area contributed by atoms with Gasteiger partial charge < -0.3 is 13.9 Å². The van der Waals surface area contributed by atoms with Gasteiger partial charge in [0.1, 0.15) is 11.2 Å². The van der Waals surface area contributed by atoms with Gasteiger partial charge in [-0.3, -0.25) is 0 Å². The van der Waals surface area contributed by atoms with Gasteiger partial charge in [0.25, 0.3) is 0 Å². The molecule has 0 unspecified atom stereocenters. The molecule has 286 valence electrons. The number of hydrogen-bond acceptors (Lipinski definition) is 2. The van der Waals surface area contributed by atoms with Crippen molar-refractivity contribution in [2.75, 3.05) is 4.90 Å². The molecule has 61 heavy (non-hydrogen) atoms. The normalized spacial score (nSPS) is 11.6. The van der Waals surface area contributed by atoms with Crippen molar-refractivity contribution < 1.29 is 4.42 Å². The number of benzene rings is 10. The minimum Gasteiger partial charge on any atom is -0.455 e. The van der Waals surface area contributed by atoms with Crippen molar-refractivity contribution in [1.82, 2.24) is 4.57 Å².